The Hall–Kier alpha value is -1.68. The SMILES string of the molecule is O=CC=C(Cl)c1ccc([N+](=O)[O-])cc1. The molecule has 1 aromatic rings. The molecule has 0 N–H and O–H groups in total. The lowest BCUT2D eigenvalue weighted by molar-refractivity contribution is -0.384. The van der Waals surface area contributed by atoms with E-state index in [-0.39, 0.29) is 10.7 Å². The van der Waals surface area contributed by atoms with Crippen molar-refractivity contribution < 1.29 is 9.72 Å². The van der Waals surface area contributed by atoms with E-state index in [2.05, 4.69) is 0 Å². The van der Waals surface area contributed by atoms with Crippen molar-refractivity contribution in [3.05, 3.63) is 46.0 Å². The maximum Gasteiger partial charge on any atom is 0.269 e. The number of aldehydes is 1. The molecular weight excluding hydrogens is 206 g/mol. The van der Waals surface area contributed by atoms with Crippen LogP contribution in [-0.4, -0.2) is 11.2 Å². The second kappa shape index (κ2) is 4.53. The van der Waals surface area contributed by atoms with E-state index in [4.69, 9.17) is 11.6 Å². The van der Waals surface area contributed by atoms with Crippen molar-refractivity contribution in [1.29, 1.82) is 0 Å². The van der Waals surface area contributed by atoms with Crippen LogP contribution in [0.15, 0.2) is 30.3 Å². The number of hydrogen-bond donors (Lipinski definition) is 0. The van der Waals surface area contributed by atoms with Gasteiger partial charge in [0.1, 0.15) is 6.29 Å². The molecule has 4 nitrogen and oxygen atoms in total. The summed E-state index contributed by atoms with van der Waals surface area (Å²) in [6.07, 6.45) is 1.74. The molecule has 0 aliphatic heterocycles. The van der Waals surface area contributed by atoms with Crippen LogP contribution < -0.4 is 0 Å². The molecule has 0 aromatic heterocycles. The number of nitrogens with zero attached hydrogens (tertiary/aromatic N) is 1. The van der Waals surface area contributed by atoms with Crippen LogP contribution in [0, 0.1) is 10.1 Å². The number of non-ortho nitro benzene ring substituents is 1. The van der Waals surface area contributed by atoms with E-state index in [9.17, 15) is 14.9 Å². The summed E-state index contributed by atoms with van der Waals surface area (Å²) in [4.78, 5) is 19.9. The molecular formula is C9H6ClNO3. The minimum atomic E-state index is -0.499. The molecule has 0 spiro atoms. The van der Waals surface area contributed by atoms with E-state index >= 15 is 0 Å². The lowest BCUT2D eigenvalue weighted by Gasteiger charge is -1.96. The second-order valence-electron chi connectivity index (χ2n) is 2.45. The van der Waals surface area contributed by atoms with Gasteiger partial charge in [-0.25, -0.2) is 0 Å². The summed E-state index contributed by atoms with van der Waals surface area (Å²) in [6, 6.07) is 5.63. The minimum Gasteiger partial charge on any atom is -0.299 e. The molecule has 0 unspecified atom stereocenters. The van der Waals surface area contributed by atoms with Crippen LogP contribution in [0.3, 0.4) is 0 Å². The molecule has 0 saturated carbocycles. The Labute approximate surface area is 85.0 Å². The van der Waals surface area contributed by atoms with Crippen LogP contribution in [0.2, 0.25) is 0 Å². The van der Waals surface area contributed by atoms with Gasteiger partial charge in [0.15, 0.2) is 0 Å². The van der Waals surface area contributed by atoms with Crippen molar-refractivity contribution in [2.24, 2.45) is 0 Å². The quantitative estimate of drug-likeness (QED) is 0.334. The van der Waals surface area contributed by atoms with Gasteiger partial charge < -0.3 is 0 Å². The maximum absolute atomic E-state index is 10.3. The molecule has 5 heteroatoms. The first-order chi connectivity index (χ1) is 6.65. The van der Waals surface area contributed by atoms with Gasteiger partial charge in [0.05, 0.1) is 9.96 Å². The molecule has 0 radical (unpaired) electrons. The van der Waals surface area contributed by atoms with Gasteiger partial charge in [-0.05, 0) is 23.8 Å². The molecule has 72 valence electrons. The first kappa shape index (κ1) is 10.4. The van der Waals surface area contributed by atoms with Gasteiger partial charge in [0.25, 0.3) is 5.69 Å². The summed E-state index contributed by atoms with van der Waals surface area (Å²) in [7, 11) is 0. The molecule has 0 fully saturated rings. The lowest BCUT2D eigenvalue weighted by Crippen LogP contribution is -1.87. The number of hydrogen-bond acceptors (Lipinski definition) is 3. The van der Waals surface area contributed by atoms with Crippen molar-refractivity contribution in [3.63, 3.8) is 0 Å². The fourth-order valence-electron chi connectivity index (χ4n) is 0.898. The molecule has 0 aliphatic carbocycles. The van der Waals surface area contributed by atoms with Crippen LogP contribution in [0.1, 0.15) is 5.56 Å². The van der Waals surface area contributed by atoms with Gasteiger partial charge in [0, 0.05) is 12.1 Å². The molecule has 0 heterocycles. The Balaban J connectivity index is 2.99. The van der Waals surface area contributed by atoms with Crippen molar-refractivity contribution in [1.82, 2.24) is 0 Å². The van der Waals surface area contributed by atoms with Gasteiger partial charge in [-0.15, -0.1) is 0 Å². The first-order valence-corrected chi connectivity index (χ1v) is 4.08. The molecule has 1 aromatic carbocycles. The summed E-state index contributed by atoms with van der Waals surface area (Å²) in [6.45, 7) is 0. The number of rotatable bonds is 3. The zero-order chi connectivity index (χ0) is 10.6. The third kappa shape index (κ3) is 2.40. The molecule has 0 saturated heterocycles. The Morgan fingerprint density at radius 3 is 2.36 bits per heavy atom. The number of carbonyl (C=O) groups excluding carboxylic acids is 1. The zero-order valence-corrected chi connectivity index (χ0v) is 7.77. The smallest absolute Gasteiger partial charge is 0.269 e. The average molecular weight is 212 g/mol. The fraction of sp³-hybridized carbons (Fsp3) is 0. The van der Waals surface area contributed by atoms with E-state index in [1.165, 1.54) is 30.3 Å². The van der Waals surface area contributed by atoms with E-state index in [1.54, 1.807) is 0 Å². The average Bonchev–Trinajstić information content (AvgIpc) is 2.18. The Morgan fingerprint density at radius 2 is 1.93 bits per heavy atom. The summed E-state index contributed by atoms with van der Waals surface area (Å²) in [5.41, 5.74) is 0.564. The van der Waals surface area contributed by atoms with Crippen LogP contribution in [0.5, 0.6) is 0 Å². The van der Waals surface area contributed by atoms with Crippen LogP contribution in [-0.2, 0) is 4.79 Å². The third-order valence-corrected chi connectivity index (χ3v) is 1.91. The van der Waals surface area contributed by atoms with Gasteiger partial charge in [-0.2, -0.15) is 0 Å². The van der Waals surface area contributed by atoms with E-state index in [0.29, 0.717) is 11.8 Å². The Kier molecular flexibility index (Phi) is 3.36. The summed E-state index contributed by atoms with van der Waals surface area (Å²) in [5, 5.41) is 10.6. The number of halogens is 1. The molecule has 0 amide bonds. The molecule has 0 atom stereocenters. The number of allylic oxidation sites excluding steroid dienone is 1. The summed E-state index contributed by atoms with van der Waals surface area (Å²) < 4.78 is 0. The van der Waals surface area contributed by atoms with Crippen LogP contribution in [0.4, 0.5) is 5.69 Å². The third-order valence-electron chi connectivity index (χ3n) is 1.57. The Morgan fingerprint density at radius 1 is 1.36 bits per heavy atom. The number of carbonyl (C=O) groups is 1. The summed E-state index contributed by atoms with van der Waals surface area (Å²) in [5.74, 6) is 0. The highest BCUT2D eigenvalue weighted by Gasteiger charge is 2.04. The second-order valence-corrected chi connectivity index (χ2v) is 2.86. The van der Waals surface area contributed by atoms with Crippen molar-refractivity contribution in [2.45, 2.75) is 0 Å². The number of nitro groups is 1. The summed E-state index contributed by atoms with van der Waals surface area (Å²) >= 11 is 5.70. The Bertz CT molecular complexity index is 384. The highest BCUT2D eigenvalue weighted by atomic mass is 35.5. The molecule has 0 aliphatic rings. The predicted octanol–water partition coefficient (Wildman–Crippen LogP) is 2.37. The van der Waals surface area contributed by atoms with E-state index in [0.717, 1.165) is 0 Å². The zero-order valence-electron chi connectivity index (χ0n) is 7.01. The van der Waals surface area contributed by atoms with Gasteiger partial charge in [-0.3, -0.25) is 14.9 Å². The first-order valence-electron chi connectivity index (χ1n) is 3.71. The number of nitro benzene ring substituents is 1. The lowest BCUT2D eigenvalue weighted by atomic mass is 10.2. The maximum atomic E-state index is 10.3. The molecule has 1 rings (SSSR count). The van der Waals surface area contributed by atoms with Gasteiger partial charge >= 0.3 is 0 Å². The predicted molar refractivity (Wildman–Crippen MR) is 53.0 cm³/mol. The van der Waals surface area contributed by atoms with Crippen LogP contribution in [0.25, 0.3) is 5.03 Å². The van der Waals surface area contributed by atoms with Crippen molar-refractivity contribution >= 4 is 28.6 Å². The number of benzene rings is 1. The minimum absolute atomic E-state index is 0.00989. The monoisotopic (exact) mass is 211 g/mol. The van der Waals surface area contributed by atoms with Gasteiger partial charge in [0.2, 0.25) is 0 Å². The van der Waals surface area contributed by atoms with Crippen molar-refractivity contribution in [3.8, 4) is 0 Å². The topological polar surface area (TPSA) is 60.2 Å². The van der Waals surface area contributed by atoms with Crippen molar-refractivity contribution in [2.75, 3.05) is 0 Å². The normalized spacial score (nSPS) is 11.1. The largest absolute Gasteiger partial charge is 0.299 e. The highest BCUT2D eigenvalue weighted by molar-refractivity contribution is 6.49. The van der Waals surface area contributed by atoms with Crippen LogP contribution >= 0.6 is 11.6 Å². The molecule has 14 heavy (non-hydrogen) atoms. The molecule has 0 bridgehead atoms. The van der Waals surface area contributed by atoms with E-state index in [1.807, 2.05) is 0 Å². The van der Waals surface area contributed by atoms with E-state index < -0.39 is 4.92 Å². The highest BCUT2D eigenvalue weighted by Crippen LogP contribution is 2.20. The standard InChI is InChI=1S/C9H6ClNO3/c10-9(5-6-12)7-1-3-8(4-2-7)11(13)14/h1-6H. The fourth-order valence-corrected chi connectivity index (χ4v) is 1.08. The van der Waals surface area contributed by atoms with Gasteiger partial charge in [-0.1, -0.05) is 11.6 Å².